The number of carbonyl (C=O) groups excluding carboxylic acids is 1. The number of aromatic amines is 1. The van der Waals surface area contributed by atoms with Crippen LogP contribution in [0, 0.1) is 0 Å². The van der Waals surface area contributed by atoms with Crippen LogP contribution in [0.4, 0.5) is 30.4 Å². The third-order valence-electron chi connectivity index (χ3n) is 7.34. The summed E-state index contributed by atoms with van der Waals surface area (Å²) in [5.74, 6) is 0.704. The van der Waals surface area contributed by atoms with E-state index in [4.69, 9.17) is 9.47 Å². The average molecular weight is 547 g/mol. The number of benzene rings is 1. The lowest BCUT2D eigenvalue weighted by atomic mass is 10.0. The number of halogens is 3. The van der Waals surface area contributed by atoms with Crippen LogP contribution >= 0.6 is 0 Å². The molecule has 210 valence electrons. The number of aromatic nitrogens is 2. The second-order valence-electron chi connectivity index (χ2n) is 9.72. The number of H-pyrrole nitrogens is 1. The van der Waals surface area contributed by atoms with E-state index < -0.39 is 11.7 Å². The van der Waals surface area contributed by atoms with Gasteiger partial charge < -0.3 is 30.0 Å². The summed E-state index contributed by atoms with van der Waals surface area (Å²) in [4.78, 5) is 24.6. The summed E-state index contributed by atoms with van der Waals surface area (Å²) in [6.07, 6.45) is -1.73. The van der Waals surface area contributed by atoms with E-state index in [1.54, 1.807) is 18.2 Å². The quantitative estimate of drug-likeness (QED) is 0.395. The Labute approximate surface area is 224 Å². The van der Waals surface area contributed by atoms with E-state index in [1.807, 2.05) is 11.8 Å². The Balaban J connectivity index is 1.32. The molecule has 1 aromatic carbocycles. The van der Waals surface area contributed by atoms with E-state index in [2.05, 4.69) is 25.5 Å². The summed E-state index contributed by atoms with van der Waals surface area (Å²) >= 11 is 0. The van der Waals surface area contributed by atoms with Crippen molar-refractivity contribution in [1.82, 2.24) is 19.8 Å². The topological polar surface area (TPSA) is 94.8 Å². The first-order chi connectivity index (χ1) is 18.8. The molecule has 2 aromatic heterocycles. The van der Waals surface area contributed by atoms with Crippen molar-refractivity contribution >= 4 is 34.1 Å². The standard InChI is InChI=1S/C27H33F3N6O3/c1-3-31-21-15-23(34-25-24(21)19(16-32-25)27(28,29)30)33-20-5-4-17(14-22(20)38-2)26(37)36-8-6-18(7-9-36)35-10-12-39-13-11-35/h4-5,14-16,18H,3,6-13H2,1-2H3,(H3,31,32,33,34). The second-order valence-corrected chi connectivity index (χ2v) is 9.72. The molecule has 9 nitrogen and oxygen atoms in total. The molecule has 3 N–H and O–H groups in total. The maximum atomic E-state index is 13.5. The third-order valence-corrected chi connectivity index (χ3v) is 7.34. The number of amides is 1. The van der Waals surface area contributed by atoms with Crippen molar-refractivity contribution in [2.75, 3.05) is 63.7 Å². The number of alkyl halides is 3. The minimum atomic E-state index is -4.51. The van der Waals surface area contributed by atoms with E-state index >= 15 is 0 Å². The zero-order chi connectivity index (χ0) is 27.6. The van der Waals surface area contributed by atoms with Crippen molar-refractivity contribution in [2.45, 2.75) is 32.0 Å². The van der Waals surface area contributed by atoms with Crippen LogP contribution in [-0.4, -0.2) is 84.8 Å². The van der Waals surface area contributed by atoms with E-state index in [0.29, 0.717) is 54.2 Å². The largest absolute Gasteiger partial charge is 0.495 e. The summed E-state index contributed by atoms with van der Waals surface area (Å²) in [7, 11) is 1.50. The van der Waals surface area contributed by atoms with Crippen molar-refractivity contribution in [3.8, 4) is 5.75 Å². The zero-order valence-electron chi connectivity index (χ0n) is 22.0. The van der Waals surface area contributed by atoms with Gasteiger partial charge in [-0.1, -0.05) is 0 Å². The summed E-state index contributed by atoms with van der Waals surface area (Å²) < 4.78 is 51.5. The van der Waals surface area contributed by atoms with Crippen LogP contribution < -0.4 is 15.4 Å². The smallest absolute Gasteiger partial charge is 0.418 e. The molecule has 1 amide bonds. The Morgan fingerprint density at radius 3 is 2.56 bits per heavy atom. The van der Waals surface area contributed by atoms with Crippen LogP contribution in [0.2, 0.25) is 0 Å². The van der Waals surface area contributed by atoms with E-state index in [0.717, 1.165) is 45.3 Å². The van der Waals surface area contributed by atoms with Gasteiger partial charge in [0.2, 0.25) is 0 Å². The first-order valence-electron chi connectivity index (χ1n) is 13.2. The summed E-state index contributed by atoms with van der Waals surface area (Å²) in [5.41, 5.74) is 0.691. The maximum Gasteiger partial charge on any atom is 0.418 e. The number of ether oxygens (including phenoxy) is 2. The maximum absolute atomic E-state index is 13.5. The van der Waals surface area contributed by atoms with Crippen molar-refractivity contribution in [3.63, 3.8) is 0 Å². The minimum Gasteiger partial charge on any atom is -0.495 e. The van der Waals surface area contributed by atoms with Crippen LogP contribution in [0.5, 0.6) is 5.75 Å². The van der Waals surface area contributed by atoms with Crippen LogP contribution in [0.1, 0.15) is 35.7 Å². The number of likely N-dealkylation sites (tertiary alicyclic amines) is 1. The van der Waals surface area contributed by atoms with Gasteiger partial charge in [-0.25, -0.2) is 4.98 Å². The highest BCUT2D eigenvalue weighted by atomic mass is 19.4. The Bertz CT molecular complexity index is 1310. The van der Waals surface area contributed by atoms with Crippen molar-refractivity contribution in [1.29, 1.82) is 0 Å². The third kappa shape index (κ3) is 5.76. The van der Waals surface area contributed by atoms with Gasteiger partial charge in [-0.05, 0) is 38.0 Å². The molecular weight excluding hydrogens is 513 g/mol. The van der Waals surface area contributed by atoms with Crippen LogP contribution in [0.3, 0.4) is 0 Å². The first-order valence-corrected chi connectivity index (χ1v) is 13.2. The van der Waals surface area contributed by atoms with Crippen molar-refractivity contribution in [3.05, 3.63) is 41.6 Å². The lowest BCUT2D eigenvalue weighted by Gasteiger charge is -2.40. The molecular formula is C27H33F3N6O3. The zero-order valence-corrected chi connectivity index (χ0v) is 22.0. The highest BCUT2D eigenvalue weighted by molar-refractivity contribution is 5.97. The number of hydrogen-bond donors (Lipinski definition) is 3. The molecule has 2 saturated heterocycles. The van der Waals surface area contributed by atoms with Crippen LogP contribution in [0.15, 0.2) is 30.5 Å². The number of pyridine rings is 1. The fourth-order valence-electron chi connectivity index (χ4n) is 5.38. The number of hydrogen-bond acceptors (Lipinski definition) is 7. The predicted octanol–water partition coefficient (Wildman–Crippen LogP) is 4.70. The van der Waals surface area contributed by atoms with Gasteiger partial charge in [0.15, 0.2) is 0 Å². The SMILES string of the molecule is CCNc1cc(Nc2ccc(C(=O)N3CCC(N4CCOCC4)CC3)cc2OC)nc2[nH]cc(C(F)(F)F)c12. The van der Waals surface area contributed by atoms with Crippen molar-refractivity contribution < 1.29 is 27.4 Å². The van der Waals surface area contributed by atoms with Crippen LogP contribution in [0.25, 0.3) is 11.0 Å². The molecule has 0 radical (unpaired) electrons. The molecule has 39 heavy (non-hydrogen) atoms. The Kier molecular flexibility index (Phi) is 7.85. The van der Waals surface area contributed by atoms with Gasteiger partial charge >= 0.3 is 6.18 Å². The molecule has 12 heteroatoms. The highest BCUT2D eigenvalue weighted by Crippen LogP contribution is 2.39. The number of nitrogens with one attached hydrogen (secondary N) is 3. The Morgan fingerprint density at radius 1 is 1.15 bits per heavy atom. The molecule has 3 aromatic rings. The number of fused-ring (bicyclic) bond motifs is 1. The Hall–Kier alpha value is -3.51. The number of piperidine rings is 1. The number of anilines is 3. The minimum absolute atomic E-state index is 0.0137. The summed E-state index contributed by atoms with van der Waals surface area (Å²) in [6, 6.07) is 7.14. The van der Waals surface area contributed by atoms with E-state index in [1.165, 1.54) is 13.2 Å². The van der Waals surface area contributed by atoms with Gasteiger partial charge in [0.1, 0.15) is 17.2 Å². The molecule has 2 aliphatic heterocycles. The number of carbonyl (C=O) groups is 1. The van der Waals surface area contributed by atoms with E-state index in [-0.39, 0.29) is 16.9 Å². The fraction of sp³-hybridized carbons (Fsp3) is 0.481. The molecule has 2 aliphatic rings. The van der Waals surface area contributed by atoms with E-state index in [9.17, 15) is 18.0 Å². The Morgan fingerprint density at radius 2 is 1.90 bits per heavy atom. The molecule has 0 aliphatic carbocycles. The number of rotatable bonds is 7. The number of methoxy groups -OCH3 is 1. The fourth-order valence-corrected chi connectivity index (χ4v) is 5.38. The molecule has 0 spiro atoms. The van der Waals surface area contributed by atoms with Gasteiger partial charge in [0.25, 0.3) is 5.91 Å². The highest BCUT2D eigenvalue weighted by Gasteiger charge is 2.35. The lowest BCUT2D eigenvalue weighted by molar-refractivity contribution is -0.136. The van der Waals surface area contributed by atoms with Gasteiger partial charge in [0, 0.05) is 62.3 Å². The number of nitrogens with zero attached hydrogens (tertiary/aromatic N) is 3. The van der Waals surface area contributed by atoms with Gasteiger partial charge in [-0.15, -0.1) is 0 Å². The van der Waals surface area contributed by atoms with Gasteiger partial charge in [0.05, 0.1) is 37.0 Å². The van der Waals surface area contributed by atoms with Gasteiger partial charge in [-0.3, -0.25) is 9.69 Å². The summed E-state index contributed by atoms with van der Waals surface area (Å²) in [6.45, 7) is 7.03. The van der Waals surface area contributed by atoms with Crippen molar-refractivity contribution in [2.24, 2.45) is 0 Å². The number of morpholine rings is 1. The van der Waals surface area contributed by atoms with Gasteiger partial charge in [-0.2, -0.15) is 13.2 Å². The molecule has 0 atom stereocenters. The normalized spacial score (nSPS) is 17.4. The molecule has 4 heterocycles. The molecule has 0 saturated carbocycles. The summed E-state index contributed by atoms with van der Waals surface area (Å²) in [5, 5.41) is 6.12. The predicted molar refractivity (Wildman–Crippen MR) is 143 cm³/mol. The molecule has 2 fully saturated rings. The lowest BCUT2D eigenvalue weighted by Crippen LogP contribution is -2.50. The monoisotopic (exact) mass is 546 g/mol. The molecule has 0 unspecified atom stereocenters. The first kappa shape index (κ1) is 27.1. The average Bonchev–Trinajstić information content (AvgIpc) is 3.39. The van der Waals surface area contributed by atoms with Crippen LogP contribution in [-0.2, 0) is 10.9 Å². The molecule has 5 rings (SSSR count). The second kappa shape index (κ2) is 11.3. The molecule has 0 bridgehead atoms.